The molecule has 0 saturated carbocycles. The second-order valence-corrected chi connectivity index (χ2v) is 3.57. The van der Waals surface area contributed by atoms with E-state index in [1.165, 1.54) is 6.07 Å². The Balaban J connectivity index is 3.23. The number of carbonyl (C=O) groups is 1. The average molecular weight is 221 g/mol. The quantitative estimate of drug-likeness (QED) is 0.476. The normalized spacial score (nSPS) is 9.92. The molecule has 0 unspecified atom stereocenters. The molecule has 1 amide bonds. The van der Waals surface area contributed by atoms with Crippen LogP contribution in [-0.4, -0.2) is 10.8 Å². The lowest BCUT2D eigenvalue weighted by atomic mass is 10.3. The molecule has 0 bridgehead atoms. The summed E-state index contributed by atoms with van der Waals surface area (Å²) in [5, 5.41) is 10.2. The highest BCUT2D eigenvalue weighted by Crippen LogP contribution is 2.30. The molecule has 0 fully saturated rings. The van der Waals surface area contributed by atoms with Crippen LogP contribution in [0.25, 0.3) is 0 Å². The van der Waals surface area contributed by atoms with E-state index in [1.54, 1.807) is 0 Å². The van der Waals surface area contributed by atoms with Crippen LogP contribution in [-0.2, 0) is 5.88 Å². The molecule has 0 aromatic carbocycles. The molecule has 0 aliphatic carbocycles. The standard InChI is InChI=1S/C6H5ClN2O3S/c7-2-3-1-4(5(8)10)6(13-3)9(11)12/h1H,2H2,(H2,8,10). The van der Waals surface area contributed by atoms with Gasteiger partial charge in [0.15, 0.2) is 0 Å². The molecule has 13 heavy (non-hydrogen) atoms. The summed E-state index contributed by atoms with van der Waals surface area (Å²) in [6.45, 7) is 0. The van der Waals surface area contributed by atoms with Crippen molar-refractivity contribution in [1.82, 2.24) is 0 Å². The highest BCUT2D eigenvalue weighted by molar-refractivity contribution is 7.15. The van der Waals surface area contributed by atoms with Gasteiger partial charge in [-0.05, 0) is 6.07 Å². The largest absolute Gasteiger partial charge is 0.365 e. The molecular weight excluding hydrogens is 216 g/mol. The van der Waals surface area contributed by atoms with Crippen molar-refractivity contribution in [2.24, 2.45) is 5.73 Å². The van der Waals surface area contributed by atoms with E-state index >= 15 is 0 Å². The monoisotopic (exact) mass is 220 g/mol. The van der Waals surface area contributed by atoms with Crippen molar-refractivity contribution in [2.75, 3.05) is 0 Å². The molecule has 1 rings (SSSR count). The summed E-state index contributed by atoms with van der Waals surface area (Å²) in [6, 6.07) is 1.35. The van der Waals surface area contributed by atoms with Gasteiger partial charge in [-0.3, -0.25) is 14.9 Å². The first-order valence-electron chi connectivity index (χ1n) is 3.19. The van der Waals surface area contributed by atoms with Crippen LogP contribution in [0.3, 0.4) is 0 Å². The van der Waals surface area contributed by atoms with Gasteiger partial charge < -0.3 is 5.73 Å². The SMILES string of the molecule is NC(=O)c1cc(CCl)sc1[N+](=O)[O-]. The van der Waals surface area contributed by atoms with Crippen molar-refractivity contribution in [1.29, 1.82) is 0 Å². The number of primary amides is 1. The molecule has 70 valence electrons. The molecule has 0 spiro atoms. The summed E-state index contributed by atoms with van der Waals surface area (Å²) in [5.41, 5.74) is 4.86. The summed E-state index contributed by atoms with van der Waals surface area (Å²) in [7, 11) is 0. The summed E-state index contributed by atoms with van der Waals surface area (Å²) in [4.78, 5) is 21.1. The van der Waals surface area contributed by atoms with Crippen molar-refractivity contribution < 1.29 is 9.72 Å². The topological polar surface area (TPSA) is 86.2 Å². The smallest absolute Gasteiger partial charge is 0.337 e. The lowest BCUT2D eigenvalue weighted by Gasteiger charge is -1.87. The summed E-state index contributed by atoms with van der Waals surface area (Å²) in [6.07, 6.45) is 0. The van der Waals surface area contributed by atoms with Gasteiger partial charge in [0.2, 0.25) is 0 Å². The van der Waals surface area contributed by atoms with Crippen LogP contribution in [0.15, 0.2) is 6.07 Å². The molecule has 1 aromatic heterocycles. The summed E-state index contributed by atoms with van der Waals surface area (Å²) >= 11 is 6.32. The fourth-order valence-corrected chi connectivity index (χ4v) is 1.87. The van der Waals surface area contributed by atoms with Crippen LogP contribution in [0.5, 0.6) is 0 Å². The molecule has 2 N–H and O–H groups in total. The van der Waals surface area contributed by atoms with Crippen LogP contribution in [0.2, 0.25) is 0 Å². The van der Waals surface area contributed by atoms with Crippen LogP contribution in [0.1, 0.15) is 15.2 Å². The Hall–Kier alpha value is -1.14. The van der Waals surface area contributed by atoms with E-state index in [1.807, 2.05) is 0 Å². The second kappa shape index (κ2) is 3.71. The van der Waals surface area contributed by atoms with Crippen molar-refractivity contribution in [3.8, 4) is 0 Å². The van der Waals surface area contributed by atoms with E-state index in [0.717, 1.165) is 11.3 Å². The molecule has 0 aliphatic rings. The first kappa shape index (κ1) is 9.94. The maximum Gasteiger partial charge on any atom is 0.337 e. The number of alkyl halides is 1. The zero-order valence-electron chi connectivity index (χ0n) is 6.32. The summed E-state index contributed by atoms with van der Waals surface area (Å²) in [5.74, 6) is -0.669. The third-order valence-corrected chi connectivity index (χ3v) is 2.86. The van der Waals surface area contributed by atoms with Gasteiger partial charge in [-0.25, -0.2) is 0 Å². The van der Waals surface area contributed by atoms with Gasteiger partial charge in [-0.1, -0.05) is 11.3 Å². The zero-order chi connectivity index (χ0) is 10.0. The molecule has 1 aromatic rings. The first-order valence-corrected chi connectivity index (χ1v) is 4.54. The lowest BCUT2D eigenvalue weighted by molar-refractivity contribution is -0.380. The minimum Gasteiger partial charge on any atom is -0.365 e. The molecular formula is C6H5ClN2O3S. The predicted octanol–water partition coefficient (Wildman–Crippen LogP) is 1.49. The number of amides is 1. The molecule has 0 atom stereocenters. The van der Waals surface area contributed by atoms with Gasteiger partial charge in [0.1, 0.15) is 5.56 Å². The molecule has 1 heterocycles. The lowest BCUT2D eigenvalue weighted by Crippen LogP contribution is -2.11. The Morgan fingerprint density at radius 2 is 2.38 bits per heavy atom. The third-order valence-electron chi connectivity index (χ3n) is 1.33. The van der Waals surface area contributed by atoms with Crippen LogP contribution >= 0.6 is 22.9 Å². The number of rotatable bonds is 3. The highest BCUT2D eigenvalue weighted by Gasteiger charge is 2.22. The average Bonchev–Trinajstić information content (AvgIpc) is 2.47. The number of nitrogens with two attached hydrogens (primary N) is 1. The van der Waals surface area contributed by atoms with Crippen molar-refractivity contribution in [3.63, 3.8) is 0 Å². The zero-order valence-corrected chi connectivity index (χ0v) is 7.89. The molecule has 7 heteroatoms. The van der Waals surface area contributed by atoms with E-state index in [0.29, 0.717) is 4.88 Å². The van der Waals surface area contributed by atoms with Gasteiger partial charge in [0.05, 0.1) is 10.8 Å². The highest BCUT2D eigenvalue weighted by atomic mass is 35.5. The fraction of sp³-hybridized carbons (Fsp3) is 0.167. The number of nitro groups is 1. The predicted molar refractivity (Wildman–Crippen MR) is 49.0 cm³/mol. The minimum atomic E-state index is -0.806. The van der Waals surface area contributed by atoms with Gasteiger partial charge in [0.25, 0.3) is 5.91 Å². The second-order valence-electron chi connectivity index (χ2n) is 2.19. The van der Waals surface area contributed by atoms with Crippen LogP contribution < -0.4 is 5.73 Å². The van der Waals surface area contributed by atoms with E-state index in [9.17, 15) is 14.9 Å². The maximum absolute atomic E-state index is 10.7. The molecule has 0 radical (unpaired) electrons. The molecule has 0 aliphatic heterocycles. The van der Waals surface area contributed by atoms with Gasteiger partial charge in [-0.15, -0.1) is 11.6 Å². The number of carbonyl (C=O) groups excluding carboxylic acids is 1. The van der Waals surface area contributed by atoms with Crippen LogP contribution in [0.4, 0.5) is 5.00 Å². The van der Waals surface area contributed by atoms with Crippen LogP contribution in [0, 0.1) is 10.1 Å². The third kappa shape index (κ3) is 1.96. The van der Waals surface area contributed by atoms with Crippen molar-refractivity contribution >= 4 is 33.8 Å². The number of hydrogen-bond donors (Lipinski definition) is 1. The van der Waals surface area contributed by atoms with E-state index in [2.05, 4.69) is 0 Å². The van der Waals surface area contributed by atoms with Gasteiger partial charge in [0, 0.05) is 4.88 Å². The Kier molecular flexibility index (Phi) is 2.84. The van der Waals surface area contributed by atoms with E-state index in [-0.39, 0.29) is 16.4 Å². The first-order chi connectivity index (χ1) is 6.06. The van der Waals surface area contributed by atoms with E-state index in [4.69, 9.17) is 17.3 Å². The Labute approximate surface area is 82.3 Å². The number of thiophene rings is 1. The summed E-state index contributed by atoms with van der Waals surface area (Å²) < 4.78 is 0. The number of nitrogens with zero attached hydrogens (tertiary/aromatic N) is 1. The van der Waals surface area contributed by atoms with Crippen molar-refractivity contribution in [2.45, 2.75) is 5.88 Å². The number of halogens is 1. The van der Waals surface area contributed by atoms with E-state index < -0.39 is 10.8 Å². The van der Waals surface area contributed by atoms with Crippen molar-refractivity contribution in [3.05, 3.63) is 26.6 Å². The Bertz CT molecular complexity index is 331. The molecule has 5 nitrogen and oxygen atoms in total. The minimum absolute atomic E-state index is 0.0781. The molecule has 0 saturated heterocycles. The number of hydrogen-bond acceptors (Lipinski definition) is 4. The Morgan fingerprint density at radius 1 is 1.77 bits per heavy atom. The maximum atomic E-state index is 10.7. The van der Waals surface area contributed by atoms with Gasteiger partial charge >= 0.3 is 5.00 Å². The fourth-order valence-electron chi connectivity index (χ4n) is 0.809. The Morgan fingerprint density at radius 3 is 2.69 bits per heavy atom. The van der Waals surface area contributed by atoms with Gasteiger partial charge in [-0.2, -0.15) is 0 Å².